The van der Waals surface area contributed by atoms with E-state index in [1.54, 1.807) is 0 Å². The van der Waals surface area contributed by atoms with Crippen molar-refractivity contribution in [3.05, 3.63) is 35.9 Å². The van der Waals surface area contributed by atoms with Crippen LogP contribution >= 0.6 is 0 Å². The Hall–Kier alpha value is -1.59. The second kappa shape index (κ2) is 5.95. The minimum atomic E-state index is -0.210. The zero-order valence-electron chi connectivity index (χ0n) is 7.90. The summed E-state index contributed by atoms with van der Waals surface area (Å²) < 4.78 is 5.28. The molecule has 1 aromatic carbocycles. The van der Waals surface area contributed by atoms with E-state index in [0.29, 0.717) is 19.6 Å². The van der Waals surface area contributed by atoms with Crippen LogP contribution in [0.1, 0.15) is 12.0 Å². The zero-order chi connectivity index (χ0) is 10.2. The molecule has 0 aliphatic carbocycles. The molecule has 0 heterocycles. The molecule has 0 aromatic heterocycles. The van der Waals surface area contributed by atoms with Crippen molar-refractivity contribution in [2.45, 2.75) is 13.0 Å². The van der Waals surface area contributed by atoms with E-state index in [9.17, 15) is 4.79 Å². The van der Waals surface area contributed by atoms with Gasteiger partial charge in [0.05, 0.1) is 13.2 Å². The standard InChI is InChI=1S/C12H12O2/c1-2-12(13)8-9-14-10-11-6-4-3-5-7-11/h1,3-7H,8-10H2. The average Bonchev–Trinajstić information content (AvgIpc) is 2.25. The number of hydrogen-bond donors (Lipinski definition) is 0. The van der Waals surface area contributed by atoms with Crippen LogP contribution in [-0.2, 0) is 16.1 Å². The molecule has 0 spiro atoms. The number of Topliss-reactive ketones (excluding diaryl/α,β-unsaturated/α-hetero) is 1. The molecule has 0 aliphatic rings. The predicted octanol–water partition coefficient (Wildman–Crippen LogP) is 1.80. The average molecular weight is 188 g/mol. The van der Waals surface area contributed by atoms with Crippen LogP contribution in [0.5, 0.6) is 0 Å². The number of rotatable bonds is 5. The number of terminal acetylenes is 1. The normalized spacial score (nSPS) is 9.36. The fourth-order valence-corrected chi connectivity index (χ4v) is 1.00. The van der Waals surface area contributed by atoms with Gasteiger partial charge in [0.25, 0.3) is 0 Å². The van der Waals surface area contributed by atoms with Crippen LogP contribution in [-0.4, -0.2) is 12.4 Å². The number of carbonyl (C=O) groups excluding carboxylic acids is 1. The van der Waals surface area contributed by atoms with Crippen molar-refractivity contribution in [3.63, 3.8) is 0 Å². The van der Waals surface area contributed by atoms with Gasteiger partial charge in [-0.15, -0.1) is 6.42 Å². The van der Waals surface area contributed by atoms with Gasteiger partial charge in [0.15, 0.2) is 0 Å². The van der Waals surface area contributed by atoms with Crippen LogP contribution in [0.25, 0.3) is 0 Å². The molecule has 72 valence electrons. The van der Waals surface area contributed by atoms with Gasteiger partial charge in [0.2, 0.25) is 5.78 Å². The van der Waals surface area contributed by atoms with Crippen molar-refractivity contribution >= 4 is 5.78 Å². The van der Waals surface area contributed by atoms with E-state index >= 15 is 0 Å². The Bertz CT molecular complexity index is 322. The monoisotopic (exact) mass is 188 g/mol. The first-order valence-electron chi connectivity index (χ1n) is 4.44. The number of benzene rings is 1. The van der Waals surface area contributed by atoms with E-state index < -0.39 is 0 Å². The quantitative estimate of drug-likeness (QED) is 0.400. The van der Waals surface area contributed by atoms with Crippen molar-refractivity contribution in [1.82, 2.24) is 0 Å². The zero-order valence-corrected chi connectivity index (χ0v) is 7.90. The van der Waals surface area contributed by atoms with Gasteiger partial charge in [-0.25, -0.2) is 0 Å². The molecule has 0 unspecified atom stereocenters. The molecule has 1 rings (SSSR count). The maximum absolute atomic E-state index is 10.7. The molecule has 1 aromatic rings. The van der Waals surface area contributed by atoms with Gasteiger partial charge >= 0.3 is 0 Å². The first-order chi connectivity index (χ1) is 6.83. The van der Waals surface area contributed by atoms with E-state index in [1.807, 2.05) is 36.3 Å². The summed E-state index contributed by atoms with van der Waals surface area (Å²) in [5, 5.41) is 0. The fourth-order valence-electron chi connectivity index (χ4n) is 1.00. The molecule has 0 fully saturated rings. The summed E-state index contributed by atoms with van der Waals surface area (Å²) in [5.74, 6) is 1.83. The molecule has 0 aliphatic heterocycles. The van der Waals surface area contributed by atoms with Crippen molar-refractivity contribution < 1.29 is 9.53 Å². The van der Waals surface area contributed by atoms with Crippen molar-refractivity contribution in [3.8, 4) is 12.3 Å². The van der Waals surface area contributed by atoms with Crippen LogP contribution in [0.3, 0.4) is 0 Å². The van der Waals surface area contributed by atoms with Crippen LogP contribution in [0.15, 0.2) is 30.3 Å². The summed E-state index contributed by atoms with van der Waals surface area (Å²) >= 11 is 0. The molecule has 0 saturated carbocycles. The first-order valence-corrected chi connectivity index (χ1v) is 4.44. The summed E-state index contributed by atoms with van der Waals surface area (Å²) in [5.41, 5.74) is 1.10. The molecule has 0 saturated heterocycles. The molecule has 0 radical (unpaired) electrons. The minimum absolute atomic E-state index is 0.210. The largest absolute Gasteiger partial charge is 0.376 e. The number of carbonyl (C=O) groups is 1. The highest BCUT2D eigenvalue weighted by Crippen LogP contribution is 2.00. The highest BCUT2D eigenvalue weighted by Gasteiger charge is 1.96. The SMILES string of the molecule is C#CC(=O)CCOCc1ccccc1. The lowest BCUT2D eigenvalue weighted by molar-refractivity contribution is -0.114. The van der Waals surface area contributed by atoms with Gasteiger partial charge in [-0.1, -0.05) is 30.3 Å². The number of ether oxygens (including phenoxy) is 1. The molecule has 14 heavy (non-hydrogen) atoms. The van der Waals surface area contributed by atoms with Gasteiger partial charge in [0.1, 0.15) is 0 Å². The Kier molecular flexibility index (Phi) is 4.46. The third-order valence-corrected chi connectivity index (χ3v) is 1.75. The number of hydrogen-bond acceptors (Lipinski definition) is 2. The Morgan fingerprint density at radius 1 is 1.36 bits per heavy atom. The van der Waals surface area contributed by atoms with Gasteiger partial charge in [-0.2, -0.15) is 0 Å². The Morgan fingerprint density at radius 3 is 2.71 bits per heavy atom. The van der Waals surface area contributed by atoms with Crippen molar-refractivity contribution in [2.24, 2.45) is 0 Å². The second-order valence-corrected chi connectivity index (χ2v) is 2.86. The number of ketones is 1. The Morgan fingerprint density at radius 2 is 2.07 bits per heavy atom. The molecule has 2 heteroatoms. The maximum atomic E-state index is 10.7. The molecular formula is C12H12O2. The lowest BCUT2D eigenvalue weighted by Gasteiger charge is -2.01. The van der Waals surface area contributed by atoms with Gasteiger partial charge < -0.3 is 4.74 Å². The molecule has 0 bridgehead atoms. The predicted molar refractivity (Wildman–Crippen MR) is 54.6 cm³/mol. The summed E-state index contributed by atoms with van der Waals surface area (Å²) in [6.07, 6.45) is 5.21. The third kappa shape index (κ3) is 3.88. The molecule has 0 N–H and O–H groups in total. The van der Waals surface area contributed by atoms with E-state index in [2.05, 4.69) is 0 Å². The van der Waals surface area contributed by atoms with E-state index in [4.69, 9.17) is 11.2 Å². The summed E-state index contributed by atoms with van der Waals surface area (Å²) in [6.45, 7) is 0.913. The van der Waals surface area contributed by atoms with E-state index in [-0.39, 0.29) is 5.78 Å². The first kappa shape index (κ1) is 10.5. The van der Waals surface area contributed by atoms with Crippen LogP contribution in [0, 0.1) is 12.3 Å². The fraction of sp³-hybridized carbons (Fsp3) is 0.250. The van der Waals surface area contributed by atoms with Gasteiger partial charge in [0, 0.05) is 6.42 Å². The van der Waals surface area contributed by atoms with Crippen LogP contribution in [0.2, 0.25) is 0 Å². The lowest BCUT2D eigenvalue weighted by Crippen LogP contribution is -2.01. The summed E-state index contributed by atoms with van der Waals surface area (Å²) in [4.78, 5) is 10.7. The molecule has 2 nitrogen and oxygen atoms in total. The van der Waals surface area contributed by atoms with Crippen LogP contribution in [0.4, 0.5) is 0 Å². The minimum Gasteiger partial charge on any atom is -0.376 e. The summed E-state index contributed by atoms with van der Waals surface area (Å²) in [7, 11) is 0. The second-order valence-electron chi connectivity index (χ2n) is 2.86. The van der Waals surface area contributed by atoms with E-state index in [0.717, 1.165) is 5.56 Å². The van der Waals surface area contributed by atoms with Crippen LogP contribution < -0.4 is 0 Å². The van der Waals surface area contributed by atoms with Crippen molar-refractivity contribution in [2.75, 3.05) is 6.61 Å². The third-order valence-electron chi connectivity index (χ3n) is 1.75. The molecule has 0 atom stereocenters. The lowest BCUT2D eigenvalue weighted by atomic mass is 10.2. The topological polar surface area (TPSA) is 26.3 Å². The van der Waals surface area contributed by atoms with Crippen molar-refractivity contribution in [1.29, 1.82) is 0 Å². The Balaban J connectivity index is 2.17. The van der Waals surface area contributed by atoms with Gasteiger partial charge in [-0.05, 0) is 11.5 Å². The highest BCUT2D eigenvalue weighted by atomic mass is 16.5. The van der Waals surface area contributed by atoms with E-state index in [1.165, 1.54) is 0 Å². The molecule has 0 amide bonds. The highest BCUT2D eigenvalue weighted by molar-refractivity contribution is 5.94. The summed E-state index contributed by atoms with van der Waals surface area (Å²) in [6, 6.07) is 9.80. The molecular weight excluding hydrogens is 176 g/mol. The van der Waals surface area contributed by atoms with Gasteiger partial charge in [-0.3, -0.25) is 4.79 Å². The Labute approximate surface area is 83.9 Å². The maximum Gasteiger partial charge on any atom is 0.207 e. The smallest absolute Gasteiger partial charge is 0.207 e.